The minimum atomic E-state index is -0.187. The molecular weight excluding hydrogens is 272 g/mol. The first-order valence-electron chi connectivity index (χ1n) is 7.66. The first-order chi connectivity index (χ1) is 10.0. The monoisotopic (exact) mass is 296 g/mol. The van der Waals surface area contributed by atoms with Gasteiger partial charge in [0.15, 0.2) is 0 Å². The maximum atomic E-state index is 12.0. The second kappa shape index (κ2) is 6.91. The molecule has 1 aliphatic heterocycles. The number of hydrogen-bond acceptors (Lipinski definition) is 4. The molecule has 6 heteroatoms. The molecule has 1 saturated carbocycles. The molecule has 2 aliphatic rings. The van der Waals surface area contributed by atoms with Crippen LogP contribution in [-0.2, 0) is 19.1 Å². The van der Waals surface area contributed by atoms with Crippen molar-refractivity contribution < 1.29 is 19.1 Å². The Kier molecular flexibility index (Phi) is 5.20. The van der Waals surface area contributed by atoms with Gasteiger partial charge in [0.2, 0.25) is 11.8 Å². The molecule has 1 aliphatic carbocycles. The maximum Gasteiger partial charge on any atom is 0.308 e. The van der Waals surface area contributed by atoms with Crippen LogP contribution >= 0.6 is 0 Å². The highest BCUT2D eigenvalue weighted by Gasteiger charge is 2.38. The second-order valence-corrected chi connectivity index (χ2v) is 6.04. The zero-order chi connectivity index (χ0) is 15.4. The maximum absolute atomic E-state index is 12.0. The average Bonchev–Trinajstić information content (AvgIpc) is 3.23. The van der Waals surface area contributed by atoms with Gasteiger partial charge in [0, 0.05) is 32.0 Å². The number of amides is 2. The molecule has 2 atom stereocenters. The highest BCUT2D eigenvalue weighted by molar-refractivity contribution is 5.82. The van der Waals surface area contributed by atoms with Crippen LogP contribution in [0.15, 0.2) is 0 Å². The van der Waals surface area contributed by atoms with Gasteiger partial charge in [-0.1, -0.05) is 6.92 Å². The molecule has 0 bridgehead atoms. The number of esters is 1. The fourth-order valence-electron chi connectivity index (χ4n) is 2.80. The first kappa shape index (κ1) is 15.8. The number of rotatable bonds is 5. The Morgan fingerprint density at radius 1 is 1.24 bits per heavy atom. The van der Waals surface area contributed by atoms with Gasteiger partial charge < -0.3 is 15.0 Å². The van der Waals surface area contributed by atoms with E-state index in [1.165, 1.54) is 7.11 Å². The van der Waals surface area contributed by atoms with Crippen molar-refractivity contribution in [1.29, 1.82) is 0 Å². The summed E-state index contributed by atoms with van der Waals surface area (Å²) >= 11 is 0. The zero-order valence-electron chi connectivity index (χ0n) is 12.8. The van der Waals surface area contributed by atoms with Crippen LogP contribution in [0.5, 0.6) is 0 Å². The van der Waals surface area contributed by atoms with E-state index in [0.29, 0.717) is 44.8 Å². The Morgan fingerprint density at radius 2 is 1.86 bits per heavy atom. The Hall–Kier alpha value is -1.59. The molecule has 118 valence electrons. The average molecular weight is 296 g/mol. The number of ether oxygens (including phenoxy) is 1. The number of carbonyl (C=O) groups excluding carboxylic acids is 3. The van der Waals surface area contributed by atoms with E-state index in [1.54, 1.807) is 4.90 Å². The number of piperidine rings is 1. The van der Waals surface area contributed by atoms with Gasteiger partial charge in [0.05, 0.1) is 13.0 Å². The highest BCUT2D eigenvalue weighted by Crippen LogP contribution is 2.37. The number of carbonyl (C=O) groups is 3. The lowest BCUT2D eigenvalue weighted by Gasteiger charge is -2.30. The third-order valence-electron chi connectivity index (χ3n) is 4.47. The van der Waals surface area contributed by atoms with Gasteiger partial charge >= 0.3 is 5.97 Å². The Labute approximate surface area is 125 Å². The number of nitrogens with zero attached hydrogens (tertiary/aromatic N) is 1. The number of likely N-dealkylation sites (tertiary alicyclic amines) is 1. The van der Waals surface area contributed by atoms with Crippen molar-refractivity contribution in [3.63, 3.8) is 0 Å². The summed E-state index contributed by atoms with van der Waals surface area (Å²) in [7, 11) is 1.39. The molecule has 21 heavy (non-hydrogen) atoms. The number of hydrogen-bond donors (Lipinski definition) is 1. The van der Waals surface area contributed by atoms with Crippen LogP contribution in [0, 0.1) is 17.8 Å². The Balaban J connectivity index is 1.63. The lowest BCUT2D eigenvalue weighted by Crippen LogP contribution is -2.41. The van der Waals surface area contributed by atoms with Gasteiger partial charge in [-0.3, -0.25) is 14.4 Å². The van der Waals surface area contributed by atoms with E-state index >= 15 is 0 Å². The molecule has 1 N–H and O–H groups in total. The molecule has 0 radical (unpaired) electrons. The van der Waals surface area contributed by atoms with E-state index in [1.807, 2.05) is 0 Å². The van der Waals surface area contributed by atoms with E-state index in [-0.39, 0.29) is 29.6 Å². The highest BCUT2D eigenvalue weighted by atomic mass is 16.5. The molecule has 0 aromatic carbocycles. The van der Waals surface area contributed by atoms with Gasteiger partial charge in [0.1, 0.15) is 0 Å². The molecule has 1 heterocycles. The smallest absolute Gasteiger partial charge is 0.308 e. The summed E-state index contributed by atoms with van der Waals surface area (Å²) < 4.78 is 4.72. The van der Waals surface area contributed by atoms with Crippen molar-refractivity contribution in [2.45, 2.75) is 32.6 Å². The molecule has 2 rings (SSSR count). The van der Waals surface area contributed by atoms with E-state index in [9.17, 15) is 14.4 Å². The predicted octanol–water partition coefficient (Wildman–Crippen LogP) is 0.560. The van der Waals surface area contributed by atoms with Crippen LogP contribution in [0.1, 0.15) is 32.6 Å². The molecule has 1 saturated heterocycles. The van der Waals surface area contributed by atoms with Crippen LogP contribution in [-0.4, -0.2) is 49.4 Å². The van der Waals surface area contributed by atoms with Crippen molar-refractivity contribution >= 4 is 17.8 Å². The molecule has 0 spiro atoms. The molecular formula is C15H24N2O4. The van der Waals surface area contributed by atoms with Gasteiger partial charge in [-0.25, -0.2) is 0 Å². The summed E-state index contributed by atoms with van der Waals surface area (Å²) in [5.41, 5.74) is 0. The van der Waals surface area contributed by atoms with Gasteiger partial charge in [0.25, 0.3) is 0 Å². The summed E-state index contributed by atoms with van der Waals surface area (Å²) in [6.07, 6.45) is 2.60. The minimum absolute atomic E-state index is 0.0439. The van der Waals surface area contributed by atoms with Gasteiger partial charge in [-0.15, -0.1) is 0 Å². The summed E-state index contributed by atoms with van der Waals surface area (Å²) in [5.74, 6) is 0.471. The van der Waals surface area contributed by atoms with Gasteiger partial charge in [-0.2, -0.15) is 0 Å². The van der Waals surface area contributed by atoms with Gasteiger partial charge in [-0.05, 0) is 25.2 Å². The SMILES string of the molecule is COC(=O)C1CCN(C(=O)CCNC(=O)C2CC2C)CC1. The Morgan fingerprint density at radius 3 is 2.38 bits per heavy atom. The largest absolute Gasteiger partial charge is 0.469 e. The number of nitrogens with one attached hydrogen (secondary N) is 1. The van der Waals surface area contributed by atoms with E-state index in [2.05, 4.69) is 12.2 Å². The summed E-state index contributed by atoms with van der Waals surface area (Å²) in [6.45, 7) is 3.64. The van der Waals surface area contributed by atoms with Crippen molar-refractivity contribution in [3.8, 4) is 0 Å². The van der Waals surface area contributed by atoms with Crippen LogP contribution in [0.3, 0.4) is 0 Å². The lowest BCUT2D eigenvalue weighted by molar-refractivity contribution is -0.149. The molecule has 0 aromatic heterocycles. The van der Waals surface area contributed by atoms with Crippen LogP contribution < -0.4 is 5.32 Å². The lowest BCUT2D eigenvalue weighted by atomic mass is 9.97. The van der Waals surface area contributed by atoms with Crippen molar-refractivity contribution in [3.05, 3.63) is 0 Å². The summed E-state index contributed by atoms with van der Waals surface area (Å²) in [5, 5.41) is 2.82. The fourth-order valence-corrected chi connectivity index (χ4v) is 2.80. The third-order valence-corrected chi connectivity index (χ3v) is 4.47. The topological polar surface area (TPSA) is 75.7 Å². The summed E-state index contributed by atoms with van der Waals surface area (Å²) in [4.78, 5) is 36.9. The molecule has 6 nitrogen and oxygen atoms in total. The van der Waals surface area contributed by atoms with E-state index in [0.717, 1.165) is 6.42 Å². The molecule has 0 aromatic rings. The van der Waals surface area contributed by atoms with Crippen LogP contribution in [0.2, 0.25) is 0 Å². The normalized spacial score (nSPS) is 25.3. The first-order valence-corrected chi connectivity index (χ1v) is 7.66. The third kappa shape index (κ3) is 4.19. The minimum Gasteiger partial charge on any atom is -0.469 e. The van der Waals surface area contributed by atoms with E-state index in [4.69, 9.17) is 4.74 Å². The van der Waals surface area contributed by atoms with Crippen molar-refractivity contribution in [1.82, 2.24) is 10.2 Å². The van der Waals surface area contributed by atoms with E-state index < -0.39 is 0 Å². The van der Waals surface area contributed by atoms with Crippen molar-refractivity contribution in [2.24, 2.45) is 17.8 Å². The number of methoxy groups -OCH3 is 1. The molecule has 2 amide bonds. The summed E-state index contributed by atoms with van der Waals surface area (Å²) in [6, 6.07) is 0. The fraction of sp³-hybridized carbons (Fsp3) is 0.800. The quantitative estimate of drug-likeness (QED) is 0.752. The predicted molar refractivity (Wildman–Crippen MR) is 76.2 cm³/mol. The van der Waals surface area contributed by atoms with Crippen LogP contribution in [0.25, 0.3) is 0 Å². The Bertz CT molecular complexity index is 416. The standard InChI is InChI=1S/C15H24N2O4/c1-10-9-12(10)14(19)16-6-3-13(18)17-7-4-11(5-8-17)15(20)21-2/h10-12H,3-9H2,1-2H3,(H,16,19). The molecule has 2 fully saturated rings. The zero-order valence-corrected chi connectivity index (χ0v) is 12.8. The van der Waals surface area contributed by atoms with Crippen molar-refractivity contribution in [2.75, 3.05) is 26.7 Å². The second-order valence-electron chi connectivity index (χ2n) is 6.04. The van der Waals surface area contributed by atoms with Crippen LogP contribution in [0.4, 0.5) is 0 Å². The molecule has 2 unspecified atom stereocenters.